The van der Waals surface area contributed by atoms with Crippen molar-refractivity contribution in [1.82, 2.24) is 9.78 Å². The molecular formula is C11H14N2O3. The zero-order valence-electron chi connectivity index (χ0n) is 9.34. The number of carbonyl (C=O) groups is 1. The molecule has 1 atom stereocenters. The monoisotopic (exact) mass is 222 g/mol. The zero-order valence-corrected chi connectivity index (χ0v) is 9.34. The van der Waals surface area contributed by atoms with Crippen molar-refractivity contribution in [2.24, 2.45) is 0 Å². The Bertz CT molecular complexity index is 463. The van der Waals surface area contributed by atoms with Crippen LogP contribution >= 0.6 is 0 Å². The van der Waals surface area contributed by atoms with E-state index in [-0.39, 0.29) is 5.56 Å². The summed E-state index contributed by atoms with van der Waals surface area (Å²) in [6.07, 6.45) is 2.22. The highest BCUT2D eigenvalue weighted by molar-refractivity contribution is 5.73. The molecule has 86 valence electrons. The number of methoxy groups -OCH3 is 1. The Kier molecular flexibility index (Phi) is 2.77. The first-order valence-corrected chi connectivity index (χ1v) is 5.31. The number of ether oxygens (including phenoxy) is 1. The minimum Gasteiger partial charge on any atom is -0.467 e. The van der Waals surface area contributed by atoms with Crippen molar-refractivity contribution < 1.29 is 9.53 Å². The van der Waals surface area contributed by atoms with Gasteiger partial charge in [-0.2, -0.15) is 5.10 Å². The molecule has 1 heterocycles. The number of nitrogens with zero attached hydrogens (tertiary/aromatic N) is 2. The molecule has 0 radical (unpaired) electrons. The Morgan fingerprint density at radius 1 is 1.56 bits per heavy atom. The fraction of sp³-hybridized carbons (Fsp3) is 0.545. The maximum atomic E-state index is 11.6. The summed E-state index contributed by atoms with van der Waals surface area (Å²) in [6, 6.07) is 2.52. The maximum absolute atomic E-state index is 11.6. The molecule has 5 heteroatoms. The second-order valence-corrected chi connectivity index (χ2v) is 4.01. The molecule has 2 rings (SSSR count). The van der Waals surface area contributed by atoms with Crippen molar-refractivity contribution in [3.63, 3.8) is 0 Å². The summed E-state index contributed by atoms with van der Waals surface area (Å²) in [4.78, 5) is 22.9. The van der Waals surface area contributed by atoms with Crippen LogP contribution < -0.4 is 5.56 Å². The van der Waals surface area contributed by atoms with E-state index in [4.69, 9.17) is 0 Å². The molecule has 5 nitrogen and oxygen atoms in total. The molecule has 0 N–H and O–H groups in total. The van der Waals surface area contributed by atoms with Crippen LogP contribution in [0.25, 0.3) is 0 Å². The summed E-state index contributed by atoms with van der Waals surface area (Å²) in [5.74, 6) is -0.000700. The Balaban J connectivity index is 2.34. The maximum Gasteiger partial charge on any atom is 0.330 e. The molecule has 1 aliphatic rings. The highest BCUT2D eigenvalue weighted by Gasteiger charge is 2.27. The highest BCUT2D eigenvalue weighted by Crippen LogP contribution is 2.38. The van der Waals surface area contributed by atoms with E-state index >= 15 is 0 Å². The topological polar surface area (TPSA) is 61.2 Å². The molecule has 0 amide bonds. The lowest BCUT2D eigenvalue weighted by Crippen LogP contribution is -2.31. The summed E-state index contributed by atoms with van der Waals surface area (Å²) in [7, 11) is 1.30. The van der Waals surface area contributed by atoms with Gasteiger partial charge in [0.1, 0.15) is 0 Å². The summed E-state index contributed by atoms with van der Waals surface area (Å²) < 4.78 is 5.79. The number of hydrogen-bond acceptors (Lipinski definition) is 4. The molecule has 0 aliphatic heterocycles. The lowest BCUT2D eigenvalue weighted by atomic mass is 10.2. The fourth-order valence-corrected chi connectivity index (χ4v) is 1.58. The molecule has 1 aromatic heterocycles. The first kappa shape index (κ1) is 10.9. The van der Waals surface area contributed by atoms with E-state index in [2.05, 4.69) is 9.84 Å². The van der Waals surface area contributed by atoms with Crippen molar-refractivity contribution in [3.05, 3.63) is 28.2 Å². The quantitative estimate of drug-likeness (QED) is 0.711. The summed E-state index contributed by atoms with van der Waals surface area (Å²) in [5.41, 5.74) is 0.609. The van der Waals surface area contributed by atoms with Crippen LogP contribution in [-0.4, -0.2) is 22.9 Å². The van der Waals surface area contributed by atoms with Crippen molar-refractivity contribution in [1.29, 1.82) is 0 Å². The van der Waals surface area contributed by atoms with Gasteiger partial charge in [-0.3, -0.25) is 4.79 Å². The smallest absolute Gasteiger partial charge is 0.330 e. The molecule has 1 unspecified atom stereocenters. The number of esters is 1. The third-order valence-corrected chi connectivity index (χ3v) is 2.75. The standard InChI is InChI=1S/C11H14N2O3/c1-7(11(15)16-2)13-10(14)6-5-9(12-13)8-3-4-8/h5-8H,3-4H2,1-2H3. The third-order valence-electron chi connectivity index (χ3n) is 2.75. The Hall–Kier alpha value is -1.65. The van der Waals surface area contributed by atoms with Gasteiger partial charge in [0.2, 0.25) is 0 Å². The van der Waals surface area contributed by atoms with Gasteiger partial charge in [0, 0.05) is 12.0 Å². The second kappa shape index (κ2) is 4.08. The van der Waals surface area contributed by atoms with Gasteiger partial charge >= 0.3 is 5.97 Å². The van der Waals surface area contributed by atoms with E-state index in [1.54, 1.807) is 13.0 Å². The Morgan fingerprint density at radius 3 is 2.81 bits per heavy atom. The predicted molar refractivity (Wildman–Crippen MR) is 57.2 cm³/mol. The molecule has 0 bridgehead atoms. The van der Waals surface area contributed by atoms with E-state index in [0.29, 0.717) is 5.92 Å². The molecule has 1 fully saturated rings. The van der Waals surface area contributed by atoms with E-state index in [1.165, 1.54) is 17.9 Å². The van der Waals surface area contributed by atoms with Crippen LogP contribution in [0.5, 0.6) is 0 Å². The van der Waals surface area contributed by atoms with Crippen LogP contribution in [0.1, 0.15) is 37.4 Å². The molecule has 1 saturated carbocycles. The highest BCUT2D eigenvalue weighted by atomic mass is 16.5. The summed E-state index contributed by atoms with van der Waals surface area (Å²) >= 11 is 0. The number of rotatable bonds is 3. The van der Waals surface area contributed by atoms with Crippen LogP contribution in [0.4, 0.5) is 0 Å². The van der Waals surface area contributed by atoms with Gasteiger partial charge in [-0.25, -0.2) is 9.48 Å². The van der Waals surface area contributed by atoms with Gasteiger partial charge in [0.05, 0.1) is 12.8 Å². The van der Waals surface area contributed by atoms with Crippen LogP contribution in [0.15, 0.2) is 16.9 Å². The largest absolute Gasteiger partial charge is 0.467 e. The minimum atomic E-state index is -0.670. The third kappa shape index (κ3) is 1.98. The Labute approximate surface area is 93.0 Å². The average Bonchev–Trinajstić information content (AvgIpc) is 3.11. The molecule has 1 aliphatic carbocycles. The molecule has 1 aromatic rings. The number of hydrogen-bond donors (Lipinski definition) is 0. The fourth-order valence-electron chi connectivity index (χ4n) is 1.58. The van der Waals surface area contributed by atoms with Crippen molar-refractivity contribution in [2.45, 2.75) is 31.7 Å². The van der Waals surface area contributed by atoms with E-state index < -0.39 is 12.0 Å². The van der Waals surface area contributed by atoms with E-state index in [9.17, 15) is 9.59 Å². The van der Waals surface area contributed by atoms with Crippen LogP contribution in [0, 0.1) is 0 Å². The SMILES string of the molecule is COC(=O)C(C)n1nc(C2CC2)ccc1=O. The minimum absolute atomic E-state index is 0.276. The number of aromatic nitrogens is 2. The summed E-state index contributed by atoms with van der Waals surface area (Å²) in [6.45, 7) is 1.61. The Morgan fingerprint density at radius 2 is 2.25 bits per heavy atom. The lowest BCUT2D eigenvalue weighted by molar-refractivity contribution is -0.144. The second-order valence-electron chi connectivity index (χ2n) is 4.01. The molecule has 0 spiro atoms. The van der Waals surface area contributed by atoms with Gasteiger partial charge in [-0.05, 0) is 25.8 Å². The first-order chi connectivity index (χ1) is 7.63. The van der Waals surface area contributed by atoms with Crippen molar-refractivity contribution >= 4 is 5.97 Å². The lowest BCUT2D eigenvalue weighted by Gasteiger charge is -2.12. The van der Waals surface area contributed by atoms with Gasteiger partial charge in [0.25, 0.3) is 5.56 Å². The molecule has 16 heavy (non-hydrogen) atoms. The van der Waals surface area contributed by atoms with Crippen molar-refractivity contribution in [3.8, 4) is 0 Å². The molecular weight excluding hydrogens is 208 g/mol. The average molecular weight is 222 g/mol. The molecule has 0 aromatic carbocycles. The van der Waals surface area contributed by atoms with Crippen LogP contribution in [0.3, 0.4) is 0 Å². The van der Waals surface area contributed by atoms with Crippen molar-refractivity contribution in [2.75, 3.05) is 7.11 Å². The normalized spacial score (nSPS) is 16.9. The first-order valence-electron chi connectivity index (χ1n) is 5.31. The number of carbonyl (C=O) groups excluding carboxylic acids is 1. The van der Waals surface area contributed by atoms with Crippen LogP contribution in [-0.2, 0) is 9.53 Å². The zero-order chi connectivity index (χ0) is 11.7. The summed E-state index contributed by atoms with van der Waals surface area (Å²) in [5, 5.41) is 4.21. The van der Waals surface area contributed by atoms with Gasteiger partial charge < -0.3 is 4.74 Å². The van der Waals surface area contributed by atoms with Crippen LogP contribution in [0.2, 0.25) is 0 Å². The van der Waals surface area contributed by atoms with E-state index in [0.717, 1.165) is 18.5 Å². The molecule has 0 saturated heterocycles. The van der Waals surface area contributed by atoms with Gasteiger partial charge in [-0.15, -0.1) is 0 Å². The van der Waals surface area contributed by atoms with Gasteiger partial charge in [0.15, 0.2) is 6.04 Å². The van der Waals surface area contributed by atoms with Gasteiger partial charge in [-0.1, -0.05) is 0 Å². The van der Waals surface area contributed by atoms with E-state index in [1.807, 2.05) is 0 Å². The predicted octanol–water partition coefficient (Wildman–Crippen LogP) is 0.855.